The molecule has 5 bridgehead atoms. The van der Waals surface area contributed by atoms with E-state index in [1.807, 2.05) is 74.5 Å². The van der Waals surface area contributed by atoms with Crippen molar-refractivity contribution in [2.24, 2.45) is 11.8 Å². The third kappa shape index (κ3) is 5.93. The van der Waals surface area contributed by atoms with Gasteiger partial charge in [0.1, 0.15) is 29.8 Å². The van der Waals surface area contributed by atoms with E-state index >= 15 is 4.79 Å². The summed E-state index contributed by atoms with van der Waals surface area (Å²) in [5.41, 5.74) is 1.84. The predicted molar refractivity (Wildman–Crippen MR) is 178 cm³/mol. The monoisotopic (exact) mass is 705 g/mol. The molecule has 2 N–H and O–H groups in total. The SMILES string of the molecule is Cc1cccc(C)c1N1C/C=C\CCC(=O)NC[C@H](C)OC(=O)[C@H]2[C@@H]3O[C@@]4(C=C3Br)[C@@H]2C(=O)N([C@@H](CO)Cc2ccccc2)[C@@H]4C1=O. The zero-order valence-electron chi connectivity index (χ0n) is 26.7. The van der Waals surface area contributed by atoms with Crippen molar-refractivity contribution in [2.45, 2.75) is 69.9 Å². The summed E-state index contributed by atoms with van der Waals surface area (Å²) in [7, 11) is 0. The van der Waals surface area contributed by atoms with E-state index in [2.05, 4.69) is 21.2 Å². The smallest absolute Gasteiger partial charge is 0.313 e. The Bertz CT molecular complexity index is 1610. The first-order chi connectivity index (χ1) is 22.6. The number of carbonyl (C=O) groups excluding carboxylic acids is 4. The van der Waals surface area contributed by atoms with E-state index in [0.717, 1.165) is 16.7 Å². The number of aliphatic hydroxyl groups excluding tert-OH is 1. The van der Waals surface area contributed by atoms with Gasteiger partial charge in [0.2, 0.25) is 11.8 Å². The minimum atomic E-state index is -1.49. The van der Waals surface area contributed by atoms with E-state index in [4.69, 9.17) is 9.47 Å². The molecule has 2 aromatic rings. The summed E-state index contributed by atoms with van der Waals surface area (Å²) < 4.78 is 13.0. The number of cyclic esters (lactones) is 1. The van der Waals surface area contributed by atoms with E-state index in [1.165, 1.54) is 4.90 Å². The molecule has 4 aliphatic heterocycles. The number of esters is 1. The van der Waals surface area contributed by atoms with Crippen molar-refractivity contribution in [3.8, 4) is 0 Å². The summed E-state index contributed by atoms with van der Waals surface area (Å²) >= 11 is 3.59. The highest BCUT2D eigenvalue weighted by Crippen LogP contribution is 2.59. The van der Waals surface area contributed by atoms with Gasteiger partial charge in [-0.2, -0.15) is 0 Å². The van der Waals surface area contributed by atoms with Crippen molar-refractivity contribution < 1.29 is 33.8 Å². The van der Waals surface area contributed by atoms with Crippen molar-refractivity contribution in [1.29, 1.82) is 0 Å². The van der Waals surface area contributed by atoms with Crippen LogP contribution in [0.15, 0.2) is 71.2 Å². The Morgan fingerprint density at radius 2 is 1.74 bits per heavy atom. The lowest BCUT2D eigenvalue weighted by Gasteiger charge is -2.39. The second-order valence-electron chi connectivity index (χ2n) is 12.8. The normalized spacial score (nSPS) is 30.9. The molecule has 11 heteroatoms. The number of halogens is 1. The molecule has 3 amide bonds. The molecule has 0 radical (unpaired) electrons. The molecule has 7 atom stereocenters. The molecule has 4 heterocycles. The van der Waals surface area contributed by atoms with Crippen LogP contribution in [0.1, 0.15) is 36.5 Å². The molecule has 0 saturated carbocycles. The summed E-state index contributed by atoms with van der Waals surface area (Å²) in [5.74, 6) is -3.77. The summed E-state index contributed by atoms with van der Waals surface area (Å²) in [6.07, 6.45) is 4.96. The highest BCUT2D eigenvalue weighted by Gasteiger charge is 2.75. The molecular weight excluding hydrogens is 666 g/mol. The van der Waals surface area contributed by atoms with Gasteiger partial charge in [-0.1, -0.05) is 76.6 Å². The third-order valence-electron chi connectivity index (χ3n) is 9.66. The Morgan fingerprint density at radius 1 is 1.02 bits per heavy atom. The second-order valence-corrected chi connectivity index (χ2v) is 13.8. The number of likely N-dealkylation sites (tertiary alicyclic amines) is 1. The lowest BCUT2D eigenvalue weighted by Crippen LogP contribution is -2.59. The Kier molecular flexibility index (Phi) is 9.42. The number of nitrogens with zero attached hydrogens (tertiary/aromatic N) is 2. The van der Waals surface area contributed by atoms with Crippen LogP contribution in [-0.4, -0.2) is 83.3 Å². The van der Waals surface area contributed by atoms with Crippen LogP contribution in [-0.2, 0) is 35.1 Å². The van der Waals surface area contributed by atoms with Crippen LogP contribution in [0.25, 0.3) is 0 Å². The van der Waals surface area contributed by atoms with E-state index in [1.54, 1.807) is 17.9 Å². The maximum Gasteiger partial charge on any atom is 0.313 e. The number of fused-ring (bicyclic) bond motifs is 2. The molecule has 6 rings (SSSR count). The van der Waals surface area contributed by atoms with Crippen molar-refractivity contribution in [3.05, 3.63) is 87.9 Å². The standard InChI is InChI=1S/C36H40BrN3O7/c1-21-11-10-12-22(2)30(21)39-16-9-5-8-15-27(42)38-19-23(3)46-35(45)28-29-33(43)40(25(20-41)17-24-13-6-4-7-14-24)32(34(39)44)36(29)18-26(37)31(28)47-36/h4-7,9-14,18,23,25,28-29,31-32,41H,8,15-17,19-20H2,1-3H3,(H,38,42)/b9-5-/t23-,25+,28+,29-,31+,32+,36-/m0/s1. The van der Waals surface area contributed by atoms with Gasteiger partial charge in [0.05, 0.1) is 25.1 Å². The second kappa shape index (κ2) is 13.4. The highest BCUT2D eigenvalue weighted by molar-refractivity contribution is 9.11. The molecule has 0 aliphatic carbocycles. The Morgan fingerprint density at radius 3 is 2.45 bits per heavy atom. The van der Waals surface area contributed by atoms with E-state index in [-0.39, 0.29) is 25.4 Å². The summed E-state index contributed by atoms with van der Waals surface area (Å²) in [6, 6.07) is 13.3. The number of aliphatic hydroxyl groups is 1. The van der Waals surface area contributed by atoms with Crippen molar-refractivity contribution in [1.82, 2.24) is 10.2 Å². The van der Waals surface area contributed by atoms with Gasteiger partial charge in [0.25, 0.3) is 5.91 Å². The molecule has 4 aliphatic rings. The topological polar surface area (TPSA) is 125 Å². The number of hydrogen-bond acceptors (Lipinski definition) is 7. The van der Waals surface area contributed by atoms with Crippen LogP contribution < -0.4 is 10.2 Å². The fourth-order valence-corrected chi connectivity index (χ4v) is 8.32. The molecule has 0 unspecified atom stereocenters. The first-order valence-corrected chi connectivity index (χ1v) is 16.9. The lowest BCUT2D eigenvalue weighted by atomic mass is 9.74. The Balaban J connectivity index is 1.52. The van der Waals surface area contributed by atoms with Gasteiger partial charge in [-0.15, -0.1) is 0 Å². The Hall–Kier alpha value is -3.80. The number of carbonyl (C=O) groups is 4. The molecule has 47 heavy (non-hydrogen) atoms. The summed E-state index contributed by atoms with van der Waals surface area (Å²) in [6.45, 7) is 5.42. The molecule has 2 aromatic carbocycles. The van der Waals surface area contributed by atoms with Crippen LogP contribution in [0.4, 0.5) is 5.69 Å². The minimum Gasteiger partial charge on any atom is -0.460 e. The number of anilines is 1. The van der Waals surface area contributed by atoms with Gasteiger partial charge in [0, 0.05) is 23.1 Å². The highest BCUT2D eigenvalue weighted by atomic mass is 79.9. The van der Waals surface area contributed by atoms with E-state index in [9.17, 15) is 19.5 Å². The van der Waals surface area contributed by atoms with Gasteiger partial charge in [-0.25, -0.2) is 0 Å². The van der Waals surface area contributed by atoms with Crippen molar-refractivity contribution in [3.63, 3.8) is 0 Å². The number of rotatable bonds is 5. The summed E-state index contributed by atoms with van der Waals surface area (Å²) in [4.78, 5) is 59.5. The van der Waals surface area contributed by atoms with Crippen molar-refractivity contribution in [2.75, 3.05) is 24.6 Å². The molecule has 1 spiro atoms. The summed E-state index contributed by atoms with van der Waals surface area (Å²) in [5, 5.41) is 13.6. The van der Waals surface area contributed by atoms with Crippen LogP contribution in [0.2, 0.25) is 0 Å². The van der Waals surface area contributed by atoms with E-state index < -0.39 is 66.1 Å². The number of aryl methyl sites for hydroxylation is 2. The Labute approximate surface area is 282 Å². The van der Waals surface area contributed by atoms with Crippen LogP contribution in [0.3, 0.4) is 0 Å². The number of hydrogen-bond donors (Lipinski definition) is 2. The average molecular weight is 707 g/mol. The fourth-order valence-electron chi connectivity index (χ4n) is 7.58. The van der Waals surface area contributed by atoms with Gasteiger partial charge < -0.3 is 29.7 Å². The first kappa shape index (κ1) is 33.1. The zero-order chi connectivity index (χ0) is 33.5. The fraction of sp³-hybridized carbons (Fsp3) is 0.444. The number of nitrogens with one attached hydrogen (secondary N) is 1. The molecule has 248 valence electrons. The number of allylic oxidation sites excluding steroid dienone is 1. The third-order valence-corrected chi connectivity index (χ3v) is 10.3. The van der Waals surface area contributed by atoms with Gasteiger partial charge in [0.15, 0.2) is 0 Å². The zero-order valence-corrected chi connectivity index (χ0v) is 28.3. The van der Waals surface area contributed by atoms with Gasteiger partial charge >= 0.3 is 5.97 Å². The molecular formula is C36H40BrN3O7. The van der Waals surface area contributed by atoms with Crippen LogP contribution in [0.5, 0.6) is 0 Å². The van der Waals surface area contributed by atoms with E-state index in [0.29, 0.717) is 23.0 Å². The predicted octanol–water partition coefficient (Wildman–Crippen LogP) is 3.51. The van der Waals surface area contributed by atoms with Gasteiger partial charge in [-0.05, 0) is 56.4 Å². The lowest BCUT2D eigenvalue weighted by molar-refractivity contribution is -0.159. The minimum absolute atomic E-state index is 0.116. The number of para-hydroxylation sites is 1. The first-order valence-electron chi connectivity index (χ1n) is 16.1. The maximum absolute atomic E-state index is 15.3. The maximum atomic E-state index is 15.3. The molecule has 2 saturated heterocycles. The quantitative estimate of drug-likeness (QED) is 0.360. The van der Waals surface area contributed by atoms with Crippen LogP contribution >= 0.6 is 15.9 Å². The number of ether oxygens (including phenoxy) is 2. The number of benzene rings is 2. The van der Waals surface area contributed by atoms with Gasteiger partial charge in [-0.3, -0.25) is 19.2 Å². The number of amides is 3. The van der Waals surface area contributed by atoms with Crippen molar-refractivity contribution >= 4 is 45.3 Å². The molecule has 10 nitrogen and oxygen atoms in total. The average Bonchev–Trinajstić information content (AvgIpc) is 3.64. The molecule has 0 aromatic heterocycles. The largest absolute Gasteiger partial charge is 0.460 e. The molecule has 2 fully saturated rings. The van der Waals surface area contributed by atoms with Crippen LogP contribution in [0, 0.1) is 25.7 Å².